The van der Waals surface area contributed by atoms with Crippen LogP contribution in [0.5, 0.6) is 0 Å². The van der Waals surface area contributed by atoms with Gasteiger partial charge in [-0.2, -0.15) is 0 Å². The number of hydrogen-bond acceptors (Lipinski definition) is 4. The molecule has 0 spiro atoms. The lowest BCUT2D eigenvalue weighted by Gasteiger charge is -1.83. The molecule has 0 atom stereocenters. The van der Waals surface area contributed by atoms with Gasteiger partial charge < -0.3 is 4.52 Å². The van der Waals surface area contributed by atoms with Gasteiger partial charge in [0.2, 0.25) is 0 Å². The average Bonchev–Trinajstić information content (AvgIpc) is 2.71. The molecule has 0 fully saturated rings. The Labute approximate surface area is 82.9 Å². The Bertz CT molecular complexity index is 435. The molecular weight excluding hydrogens is 210 g/mol. The van der Waals surface area contributed by atoms with Crippen molar-refractivity contribution in [2.24, 2.45) is 0 Å². The lowest BCUT2D eigenvalue weighted by Crippen LogP contribution is -1.72. The first-order chi connectivity index (χ1) is 6.29. The number of hydrogen-bond donors (Lipinski definition) is 0. The highest BCUT2D eigenvalue weighted by Gasteiger charge is 2.07. The highest BCUT2D eigenvalue weighted by atomic mass is 35.5. The second kappa shape index (κ2) is 3.32. The molecule has 13 heavy (non-hydrogen) atoms. The summed E-state index contributed by atoms with van der Waals surface area (Å²) in [5, 5.41) is 3.54. The SMILES string of the molecule is O=Cc1cc(-c2ccc(Cl)s2)on1. The van der Waals surface area contributed by atoms with Crippen LogP contribution in [0.15, 0.2) is 22.7 Å². The zero-order valence-corrected chi connectivity index (χ0v) is 7.93. The molecule has 3 nitrogen and oxygen atoms in total. The molecule has 5 heteroatoms. The number of rotatable bonds is 2. The standard InChI is InChI=1S/C8H4ClNO2S/c9-8-2-1-7(13-8)6-3-5(4-11)10-12-6/h1-4H. The Morgan fingerprint density at radius 2 is 2.38 bits per heavy atom. The van der Waals surface area contributed by atoms with Crippen LogP contribution in [0.3, 0.4) is 0 Å². The van der Waals surface area contributed by atoms with E-state index in [0.29, 0.717) is 22.1 Å². The topological polar surface area (TPSA) is 43.1 Å². The second-order valence-corrected chi connectivity index (χ2v) is 4.05. The molecule has 0 N–H and O–H groups in total. The fourth-order valence-electron chi connectivity index (χ4n) is 0.907. The predicted octanol–water partition coefficient (Wildman–Crippen LogP) is 2.87. The van der Waals surface area contributed by atoms with Crippen LogP contribution in [0.2, 0.25) is 4.34 Å². The summed E-state index contributed by atoms with van der Waals surface area (Å²) in [5.41, 5.74) is 0.291. The largest absolute Gasteiger partial charge is 0.355 e. The van der Waals surface area contributed by atoms with E-state index in [1.54, 1.807) is 12.1 Å². The van der Waals surface area contributed by atoms with E-state index in [2.05, 4.69) is 5.16 Å². The molecule has 66 valence electrons. The van der Waals surface area contributed by atoms with Crippen molar-refractivity contribution in [2.75, 3.05) is 0 Å². The van der Waals surface area contributed by atoms with E-state index < -0.39 is 0 Å². The fourth-order valence-corrected chi connectivity index (χ4v) is 1.90. The van der Waals surface area contributed by atoms with E-state index in [1.165, 1.54) is 11.3 Å². The van der Waals surface area contributed by atoms with Gasteiger partial charge in [-0.15, -0.1) is 11.3 Å². The van der Waals surface area contributed by atoms with Crippen molar-refractivity contribution in [3.8, 4) is 10.6 Å². The number of nitrogens with zero attached hydrogens (tertiary/aromatic N) is 1. The fraction of sp³-hybridized carbons (Fsp3) is 0. The highest BCUT2D eigenvalue weighted by Crippen LogP contribution is 2.30. The lowest BCUT2D eigenvalue weighted by atomic mass is 10.3. The van der Waals surface area contributed by atoms with Crippen molar-refractivity contribution in [1.82, 2.24) is 5.16 Å². The maximum atomic E-state index is 10.3. The number of aldehydes is 1. The average molecular weight is 214 g/mol. The number of carbonyl (C=O) groups excluding carboxylic acids is 1. The van der Waals surface area contributed by atoms with Crippen molar-refractivity contribution in [1.29, 1.82) is 0 Å². The minimum Gasteiger partial charge on any atom is -0.355 e. The molecule has 0 aliphatic rings. The van der Waals surface area contributed by atoms with Gasteiger partial charge in [0.15, 0.2) is 12.0 Å². The maximum Gasteiger partial charge on any atom is 0.177 e. The summed E-state index contributed by atoms with van der Waals surface area (Å²) in [6, 6.07) is 5.17. The number of halogens is 1. The van der Waals surface area contributed by atoms with Gasteiger partial charge in [0.1, 0.15) is 5.69 Å². The van der Waals surface area contributed by atoms with E-state index in [4.69, 9.17) is 16.1 Å². The van der Waals surface area contributed by atoms with Crippen molar-refractivity contribution < 1.29 is 9.32 Å². The van der Waals surface area contributed by atoms with Crippen molar-refractivity contribution in [3.05, 3.63) is 28.2 Å². The first-order valence-electron chi connectivity index (χ1n) is 3.47. The Hall–Kier alpha value is -1.13. The summed E-state index contributed by atoms with van der Waals surface area (Å²) in [5.74, 6) is 0.569. The molecule has 0 aliphatic carbocycles. The Balaban J connectivity index is 2.40. The third kappa shape index (κ3) is 1.64. The van der Waals surface area contributed by atoms with Crippen molar-refractivity contribution in [3.63, 3.8) is 0 Å². The van der Waals surface area contributed by atoms with Gasteiger partial charge in [-0.3, -0.25) is 4.79 Å². The van der Waals surface area contributed by atoms with Crippen LogP contribution < -0.4 is 0 Å². The number of carbonyl (C=O) groups is 1. The molecule has 0 aromatic carbocycles. The Kier molecular flexibility index (Phi) is 2.16. The molecule has 0 saturated heterocycles. The Morgan fingerprint density at radius 1 is 1.54 bits per heavy atom. The van der Waals surface area contributed by atoms with Crippen LogP contribution in [0.1, 0.15) is 10.5 Å². The third-order valence-corrected chi connectivity index (χ3v) is 2.71. The van der Waals surface area contributed by atoms with Crippen LogP contribution in [-0.4, -0.2) is 11.4 Å². The first kappa shape index (κ1) is 8.47. The van der Waals surface area contributed by atoms with Gasteiger partial charge in [-0.05, 0) is 12.1 Å². The molecule has 2 heterocycles. The summed E-state index contributed by atoms with van der Waals surface area (Å²) >= 11 is 7.12. The van der Waals surface area contributed by atoms with Gasteiger partial charge in [-0.1, -0.05) is 16.8 Å². The van der Waals surface area contributed by atoms with Crippen LogP contribution in [0.4, 0.5) is 0 Å². The van der Waals surface area contributed by atoms with Gasteiger partial charge >= 0.3 is 0 Å². The molecule has 0 amide bonds. The quantitative estimate of drug-likeness (QED) is 0.721. The van der Waals surface area contributed by atoms with Gasteiger partial charge in [0, 0.05) is 6.07 Å². The monoisotopic (exact) mass is 213 g/mol. The van der Waals surface area contributed by atoms with Crippen molar-refractivity contribution >= 4 is 29.2 Å². The maximum absolute atomic E-state index is 10.3. The zero-order chi connectivity index (χ0) is 9.26. The number of thiophene rings is 1. The normalized spacial score (nSPS) is 10.2. The van der Waals surface area contributed by atoms with E-state index in [-0.39, 0.29) is 0 Å². The highest BCUT2D eigenvalue weighted by molar-refractivity contribution is 7.19. The van der Waals surface area contributed by atoms with Crippen LogP contribution in [0.25, 0.3) is 10.6 Å². The van der Waals surface area contributed by atoms with Gasteiger partial charge in [0.05, 0.1) is 9.21 Å². The molecule has 0 bridgehead atoms. The van der Waals surface area contributed by atoms with Crippen molar-refractivity contribution in [2.45, 2.75) is 0 Å². The van der Waals surface area contributed by atoms with Crippen LogP contribution >= 0.6 is 22.9 Å². The van der Waals surface area contributed by atoms with E-state index >= 15 is 0 Å². The smallest absolute Gasteiger partial charge is 0.177 e. The Morgan fingerprint density at radius 3 is 2.92 bits per heavy atom. The zero-order valence-electron chi connectivity index (χ0n) is 6.36. The summed E-state index contributed by atoms with van der Waals surface area (Å²) in [4.78, 5) is 11.2. The van der Waals surface area contributed by atoms with E-state index in [0.717, 1.165) is 4.88 Å². The number of aromatic nitrogens is 1. The summed E-state index contributed by atoms with van der Waals surface area (Å²) in [7, 11) is 0. The van der Waals surface area contributed by atoms with Crippen LogP contribution in [0, 0.1) is 0 Å². The summed E-state index contributed by atoms with van der Waals surface area (Å²) in [6.07, 6.45) is 0.641. The van der Waals surface area contributed by atoms with E-state index in [9.17, 15) is 4.79 Å². The molecule has 2 rings (SSSR count). The minimum atomic E-state index is 0.291. The molecule has 0 saturated carbocycles. The summed E-state index contributed by atoms with van der Waals surface area (Å²) in [6.45, 7) is 0. The van der Waals surface area contributed by atoms with E-state index in [1.807, 2.05) is 6.07 Å². The summed E-state index contributed by atoms with van der Waals surface area (Å²) < 4.78 is 5.61. The molecule has 2 aromatic rings. The minimum absolute atomic E-state index is 0.291. The molecule has 2 aromatic heterocycles. The molecular formula is C8H4ClNO2S. The molecule has 0 aliphatic heterocycles. The van der Waals surface area contributed by atoms with Crippen LogP contribution in [-0.2, 0) is 0 Å². The lowest BCUT2D eigenvalue weighted by molar-refractivity contribution is 0.111. The second-order valence-electron chi connectivity index (χ2n) is 2.34. The third-order valence-electron chi connectivity index (χ3n) is 1.47. The first-order valence-corrected chi connectivity index (χ1v) is 4.66. The van der Waals surface area contributed by atoms with Gasteiger partial charge in [0.25, 0.3) is 0 Å². The van der Waals surface area contributed by atoms with Gasteiger partial charge in [-0.25, -0.2) is 0 Å². The molecule has 0 radical (unpaired) electrons. The predicted molar refractivity (Wildman–Crippen MR) is 50.2 cm³/mol. The molecule has 0 unspecified atom stereocenters.